The molecule has 0 saturated heterocycles. The minimum Gasteiger partial charge on any atom is -0.346 e. The molecule has 33 heavy (non-hydrogen) atoms. The maximum Gasteiger partial charge on any atom is 0.258 e. The number of carbonyl (C=O) groups is 1. The Morgan fingerprint density at radius 2 is 1.73 bits per heavy atom. The molecule has 0 unspecified atom stereocenters. The highest BCUT2D eigenvalue weighted by atomic mass is 32.2. The summed E-state index contributed by atoms with van der Waals surface area (Å²) in [5, 5.41) is 4.11. The van der Waals surface area contributed by atoms with Crippen molar-refractivity contribution < 1.29 is 4.79 Å². The SMILES string of the molecule is Cc1ccccc1C(=S)Nc1ccc(C(=O)N2Cc3ccccc3Sc3ncccc32)cc1. The monoisotopic (exact) mass is 467 g/mol. The van der Waals surface area contributed by atoms with Gasteiger partial charge in [0.1, 0.15) is 10.0 Å². The summed E-state index contributed by atoms with van der Waals surface area (Å²) in [6, 6.07) is 27.4. The van der Waals surface area contributed by atoms with Gasteiger partial charge in [-0.15, -0.1) is 0 Å². The first-order valence-electron chi connectivity index (χ1n) is 10.6. The van der Waals surface area contributed by atoms with Gasteiger partial charge in [-0.25, -0.2) is 4.98 Å². The van der Waals surface area contributed by atoms with Crippen molar-refractivity contribution in [3.63, 3.8) is 0 Å². The lowest BCUT2D eigenvalue weighted by molar-refractivity contribution is 0.0984. The minimum absolute atomic E-state index is 0.0606. The number of benzene rings is 3. The first-order chi connectivity index (χ1) is 16.1. The summed E-state index contributed by atoms with van der Waals surface area (Å²) in [7, 11) is 0. The second kappa shape index (κ2) is 9.17. The van der Waals surface area contributed by atoms with E-state index in [1.165, 1.54) is 0 Å². The molecule has 0 atom stereocenters. The van der Waals surface area contributed by atoms with Crippen molar-refractivity contribution in [3.05, 3.63) is 113 Å². The molecule has 2 heterocycles. The number of fused-ring (bicyclic) bond motifs is 2. The number of hydrogen-bond donors (Lipinski definition) is 1. The van der Waals surface area contributed by atoms with Gasteiger partial charge in [-0.3, -0.25) is 4.79 Å². The van der Waals surface area contributed by atoms with Crippen LogP contribution in [0, 0.1) is 6.92 Å². The fourth-order valence-electron chi connectivity index (χ4n) is 3.82. The van der Waals surface area contributed by atoms with Crippen LogP contribution in [0.5, 0.6) is 0 Å². The van der Waals surface area contributed by atoms with Gasteiger partial charge in [0.05, 0.1) is 12.2 Å². The lowest BCUT2D eigenvalue weighted by atomic mass is 10.1. The van der Waals surface area contributed by atoms with Crippen LogP contribution in [0.4, 0.5) is 11.4 Å². The molecule has 1 aliphatic heterocycles. The van der Waals surface area contributed by atoms with Crippen LogP contribution < -0.4 is 10.2 Å². The molecule has 162 valence electrons. The van der Waals surface area contributed by atoms with E-state index in [1.54, 1.807) is 18.0 Å². The second-order valence-electron chi connectivity index (χ2n) is 7.78. The zero-order valence-electron chi connectivity index (χ0n) is 18.0. The lowest BCUT2D eigenvalue weighted by Gasteiger charge is -2.22. The van der Waals surface area contributed by atoms with Crippen LogP contribution in [0.1, 0.15) is 27.0 Å². The Labute approximate surface area is 202 Å². The van der Waals surface area contributed by atoms with Gasteiger partial charge >= 0.3 is 0 Å². The van der Waals surface area contributed by atoms with Gasteiger partial charge in [-0.05, 0) is 60.5 Å². The van der Waals surface area contributed by atoms with Crippen molar-refractivity contribution in [2.75, 3.05) is 10.2 Å². The molecule has 0 radical (unpaired) electrons. The molecule has 1 amide bonds. The third kappa shape index (κ3) is 4.40. The molecule has 0 fully saturated rings. The van der Waals surface area contributed by atoms with E-state index in [9.17, 15) is 4.79 Å². The molecule has 5 rings (SSSR count). The third-order valence-corrected chi connectivity index (χ3v) is 7.02. The summed E-state index contributed by atoms with van der Waals surface area (Å²) in [6.45, 7) is 2.54. The van der Waals surface area contributed by atoms with Crippen LogP contribution in [-0.4, -0.2) is 15.9 Å². The van der Waals surface area contributed by atoms with Crippen molar-refractivity contribution in [1.29, 1.82) is 0 Å². The molecule has 1 aromatic heterocycles. The molecule has 0 aliphatic carbocycles. The van der Waals surface area contributed by atoms with Gasteiger partial charge in [0.2, 0.25) is 0 Å². The van der Waals surface area contributed by atoms with E-state index < -0.39 is 0 Å². The number of anilines is 2. The Kier molecular flexibility index (Phi) is 5.94. The standard InChI is InChI=1S/C27H21N3OS2/c1-18-7-2-4-9-22(18)25(32)29-21-14-12-19(13-15-21)27(31)30-17-20-8-3-5-11-24(20)33-26-23(30)10-6-16-28-26/h2-16H,17H2,1H3,(H,29,32). The largest absolute Gasteiger partial charge is 0.346 e. The highest BCUT2D eigenvalue weighted by Gasteiger charge is 2.26. The number of aromatic nitrogens is 1. The van der Waals surface area contributed by atoms with E-state index in [1.807, 2.05) is 84.6 Å². The molecule has 1 N–H and O–H groups in total. The fourth-order valence-corrected chi connectivity index (χ4v) is 5.18. The Hall–Kier alpha value is -3.48. The summed E-state index contributed by atoms with van der Waals surface area (Å²) < 4.78 is 0. The third-order valence-electron chi connectivity index (χ3n) is 5.57. The van der Waals surface area contributed by atoms with E-state index >= 15 is 0 Å². The zero-order chi connectivity index (χ0) is 22.8. The van der Waals surface area contributed by atoms with Crippen molar-refractivity contribution in [3.8, 4) is 0 Å². The minimum atomic E-state index is -0.0606. The van der Waals surface area contributed by atoms with Crippen molar-refractivity contribution in [2.45, 2.75) is 23.4 Å². The zero-order valence-corrected chi connectivity index (χ0v) is 19.6. The Balaban J connectivity index is 1.40. The Bertz CT molecular complexity index is 1350. The molecule has 0 spiro atoms. The number of amides is 1. The van der Waals surface area contributed by atoms with E-state index in [-0.39, 0.29) is 5.91 Å². The van der Waals surface area contributed by atoms with Crippen LogP contribution in [0.25, 0.3) is 0 Å². The van der Waals surface area contributed by atoms with Gasteiger partial charge in [-0.2, -0.15) is 0 Å². The molecule has 4 nitrogen and oxygen atoms in total. The highest BCUT2D eigenvalue weighted by Crippen LogP contribution is 2.40. The smallest absolute Gasteiger partial charge is 0.258 e. The van der Waals surface area contributed by atoms with Crippen molar-refractivity contribution in [2.24, 2.45) is 0 Å². The maximum absolute atomic E-state index is 13.6. The number of hydrogen-bond acceptors (Lipinski definition) is 4. The molecule has 0 saturated carbocycles. The van der Waals surface area contributed by atoms with Crippen LogP contribution in [-0.2, 0) is 6.54 Å². The topological polar surface area (TPSA) is 45.2 Å². The first-order valence-corrected chi connectivity index (χ1v) is 11.8. The normalized spacial score (nSPS) is 12.3. The van der Waals surface area contributed by atoms with Gasteiger partial charge in [-0.1, -0.05) is 66.4 Å². The fraction of sp³-hybridized carbons (Fsp3) is 0.0741. The van der Waals surface area contributed by atoms with E-state index in [0.29, 0.717) is 17.1 Å². The number of rotatable bonds is 3. The molecule has 1 aliphatic rings. The summed E-state index contributed by atoms with van der Waals surface area (Å²) in [6.07, 6.45) is 1.76. The predicted molar refractivity (Wildman–Crippen MR) is 138 cm³/mol. The van der Waals surface area contributed by atoms with Crippen LogP contribution >= 0.6 is 24.0 Å². The number of carbonyl (C=O) groups excluding carboxylic acids is 1. The summed E-state index contributed by atoms with van der Waals surface area (Å²) >= 11 is 7.18. The Morgan fingerprint density at radius 1 is 0.970 bits per heavy atom. The maximum atomic E-state index is 13.6. The van der Waals surface area contributed by atoms with Crippen LogP contribution in [0.15, 0.2) is 101 Å². The van der Waals surface area contributed by atoms with Gasteiger partial charge in [0.15, 0.2) is 0 Å². The average molecular weight is 468 g/mol. The molecule has 3 aromatic carbocycles. The summed E-state index contributed by atoms with van der Waals surface area (Å²) in [5.74, 6) is -0.0606. The molecule has 0 bridgehead atoms. The first kappa shape index (κ1) is 21.4. The lowest BCUT2D eigenvalue weighted by Crippen LogP contribution is -2.30. The number of pyridine rings is 1. The number of aryl methyl sites for hydroxylation is 1. The quantitative estimate of drug-likeness (QED) is 0.349. The van der Waals surface area contributed by atoms with Crippen LogP contribution in [0.2, 0.25) is 0 Å². The van der Waals surface area contributed by atoms with Gasteiger partial charge in [0, 0.05) is 27.9 Å². The molecular formula is C27H21N3OS2. The van der Waals surface area contributed by atoms with Crippen LogP contribution in [0.3, 0.4) is 0 Å². The van der Waals surface area contributed by atoms with Gasteiger partial charge in [0.25, 0.3) is 5.91 Å². The molecule has 4 aromatic rings. The van der Waals surface area contributed by atoms with E-state index in [2.05, 4.69) is 22.4 Å². The van der Waals surface area contributed by atoms with Crippen molar-refractivity contribution >= 4 is 46.3 Å². The average Bonchev–Trinajstić information content (AvgIpc) is 3.01. The summed E-state index contributed by atoms with van der Waals surface area (Å²) in [4.78, 5) is 21.7. The second-order valence-corrected chi connectivity index (χ2v) is 9.21. The van der Waals surface area contributed by atoms with E-state index in [4.69, 9.17) is 12.2 Å². The highest BCUT2D eigenvalue weighted by molar-refractivity contribution is 7.99. The number of nitrogens with one attached hydrogen (secondary N) is 1. The van der Waals surface area contributed by atoms with Crippen molar-refractivity contribution in [1.82, 2.24) is 4.98 Å². The Morgan fingerprint density at radius 3 is 2.55 bits per heavy atom. The number of thiocarbonyl (C=S) groups is 1. The molecule has 6 heteroatoms. The van der Waals surface area contributed by atoms with E-state index in [0.717, 1.165) is 38.0 Å². The predicted octanol–water partition coefficient (Wildman–Crippen LogP) is 6.49. The van der Waals surface area contributed by atoms with Gasteiger partial charge < -0.3 is 10.2 Å². The number of nitrogens with zero attached hydrogens (tertiary/aromatic N) is 2. The summed E-state index contributed by atoms with van der Waals surface area (Å²) in [5.41, 5.74) is 5.51. The molecular weight excluding hydrogens is 446 g/mol.